The van der Waals surface area contributed by atoms with Gasteiger partial charge in [-0.2, -0.15) is 0 Å². The largest absolute Gasteiger partial charge is 0.0622 e. The minimum Gasteiger partial charge on any atom is -0.0622 e. The van der Waals surface area contributed by atoms with E-state index in [-0.39, 0.29) is 0 Å². The predicted octanol–water partition coefficient (Wildman–Crippen LogP) is 12.5. The van der Waals surface area contributed by atoms with Crippen LogP contribution in [-0.4, -0.2) is 0 Å². The Hall–Kier alpha value is -5.72. The molecule has 204 valence electrons. The molecule has 0 heteroatoms. The Bertz CT molecular complexity index is 2480. The fourth-order valence-electron chi connectivity index (χ4n) is 7.21. The topological polar surface area (TPSA) is 0 Å². The molecule has 9 rings (SSSR count). The molecular formula is C44H28. The molecule has 0 fully saturated rings. The molecule has 9 aromatic rings. The zero-order chi connectivity index (χ0) is 29.0. The van der Waals surface area contributed by atoms with Crippen LogP contribution in [0.4, 0.5) is 0 Å². The first kappa shape index (κ1) is 24.8. The molecule has 0 N–H and O–H groups in total. The third-order valence-electron chi connectivity index (χ3n) is 9.19. The van der Waals surface area contributed by atoms with Gasteiger partial charge in [0.05, 0.1) is 0 Å². The van der Waals surface area contributed by atoms with Gasteiger partial charge in [-0.05, 0) is 112 Å². The predicted molar refractivity (Wildman–Crippen MR) is 190 cm³/mol. The molecule has 9 aromatic carbocycles. The van der Waals surface area contributed by atoms with E-state index in [1.165, 1.54) is 87.2 Å². The Balaban J connectivity index is 1.42. The first-order valence-corrected chi connectivity index (χ1v) is 15.3. The molecule has 0 saturated heterocycles. The number of rotatable bonds is 3. The molecule has 0 aliphatic heterocycles. The lowest BCUT2D eigenvalue weighted by Crippen LogP contribution is -1.92. The minimum absolute atomic E-state index is 1.23. The van der Waals surface area contributed by atoms with Crippen LogP contribution in [0.5, 0.6) is 0 Å². The Kier molecular flexibility index (Phi) is 5.61. The summed E-state index contributed by atoms with van der Waals surface area (Å²) < 4.78 is 0. The van der Waals surface area contributed by atoms with Crippen molar-refractivity contribution in [2.75, 3.05) is 0 Å². The summed E-state index contributed by atoms with van der Waals surface area (Å²) in [6.45, 7) is 0. The molecule has 0 atom stereocenters. The van der Waals surface area contributed by atoms with Gasteiger partial charge in [-0.15, -0.1) is 0 Å². The zero-order valence-corrected chi connectivity index (χ0v) is 24.2. The highest BCUT2D eigenvalue weighted by Gasteiger charge is 2.19. The van der Waals surface area contributed by atoms with Gasteiger partial charge < -0.3 is 0 Å². The van der Waals surface area contributed by atoms with Gasteiger partial charge in [-0.3, -0.25) is 0 Å². The first-order valence-electron chi connectivity index (χ1n) is 15.3. The van der Waals surface area contributed by atoms with Gasteiger partial charge in [0, 0.05) is 0 Å². The van der Waals surface area contributed by atoms with E-state index in [1.807, 2.05) is 0 Å². The van der Waals surface area contributed by atoms with Crippen LogP contribution >= 0.6 is 0 Å². The molecule has 0 bridgehead atoms. The van der Waals surface area contributed by atoms with Crippen molar-refractivity contribution in [1.29, 1.82) is 0 Å². The zero-order valence-electron chi connectivity index (χ0n) is 24.2. The average molecular weight is 557 g/mol. The molecule has 0 spiro atoms. The lowest BCUT2D eigenvalue weighted by Gasteiger charge is -2.20. The summed E-state index contributed by atoms with van der Waals surface area (Å²) in [5.41, 5.74) is 7.56. The Morgan fingerprint density at radius 2 is 0.705 bits per heavy atom. The van der Waals surface area contributed by atoms with Crippen molar-refractivity contribution < 1.29 is 0 Å². The second-order valence-corrected chi connectivity index (χ2v) is 11.7. The van der Waals surface area contributed by atoms with E-state index < -0.39 is 0 Å². The number of hydrogen-bond donors (Lipinski definition) is 0. The number of benzene rings is 9. The summed E-state index contributed by atoms with van der Waals surface area (Å²) in [5, 5.41) is 12.8. The maximum Gasteiger partial charge on any atom is -0.00199 e. The maximum atomic E-state index is 2.41. The highest BCUT2D eigenvalue weighted by Crippen LogP contribution is 2.47. The van der Waals surface area contributed by atoms with Crippen LogP contribution in [0, 0.1) is 0 Å². The van der Waals surface area contributed by atoms with Crippen molar-refractivity contribution in [2.24, 2.45) is 0 Å². The summed E-state index contributed by atoms with van der Waals surface area (Å²) >= 11 is 0. The minimum atomic E-state index is 1.23. The third kappa shape index (κ3) is 3.85. The Morgan fingerprint density at radius 3 is 1.36 bits per heavy atom. The molecule has 0 radical (unpaired) electrons. The number of hydrogen-bond acceptors (Lipinski definition) is 0. The van der Waals surface area contributed by atoms with E-state index in [0.717, 1.165) is 0 Å². The van der Waals surface area contributed by atoms with Gasteiger partial charge in [-0.25, -0.2) is 0 Å². The van der Waals surface area contributed by atoms with Gasteiger partial charge in [0.25, 0.3) is 0 Å². The molecular weight excluding hydrogens is 528 g/mol. The smallest absolute Gasteiger partial charge is 0.00199 e. The van der Waals surface area contributed by atoms with Crippen molar-refractivity contribution in [3.63, 3.8) is 0 Å². The molecule has 0 nitrogen and oxygen atoms in total. The lowest BCUT2D eigenvalue weighted by atomic mass is 9.83. The van der Waals surface area contributed by atoms with Crippen molar-refractivity contribution in [3.8, 4) is 33.4 Å². The summed E-state index contributed by atoms with van der Waals surface area (Å²) in [7, 11) is 0. The van der Waals surface area contributed by atoms with Crippen LogP contribution in [0.3, 0.4) is 0 Å². The van der Waals surface area contributed by atoms with Crippen molar-refractivity contribution in [3.05, 3.63) is 170 Å². The SMILES string of the molecule is c1ccc(-c2cccc(-c3c4ccccc4c(-c4cc5ccccc5c5cc6ccccc6cc45)c4ccccc34)c2)cc1. The van der Waals surface area contributed by atoms with E-state index >= 15 is 0 Å². The second kappa shape index (κ2) is 9.93. The summed E-state index contributed by atoms with van der Waals surface area (Å²) in [5.74, 6) is 0. The van der Waals surface area contributed by atoms with Crippen LogP contribution < -0.4 is 0 Å². The molecule has 0 heterocycles. The highest BCUT2D eigenvalue weighted by atomic mass is 14.2. The third-order valence-corrected chi connectivity index (χ3v) is 9.19. The standard InChI is InChI=1S/C44H28/c1-2-13-29(14-3-1)30-18-12-19-34(25-30)43-36-21-8-10-23-38(36)44(39-24-11-9-22-37(39)43)42-28-33-17-6-7-20-35(33)40-26-31-15-4-5-16-32(31)27-41(40)42/h1-28H. The van der Waals surface area contributed by atoms with Crippen LogP contribution in [0.2, 0.25) is 0 Å². The Labute approximate surface area is 256 Å². The van der Waals surface area contributed by atoms with Gasteiger partial charge in [0.15, 0.2) is 0 Å². The molecule has 0 aliphatic carbocycles. The summed E-state index contributed by atoms with van der Waals surface area (Å²) in [6.07, 6.45) is 0. The fraction of sp³-hybridized carbons (Fsp3) is 0. The first-order chi connectivity index (χ1) is 21.8. The monoisotopic (exact) mass is 556 g/mol. The summed E-state index contributed by atoms with van der Waals surface area (Å²) in [6, 6.07) is 62.3. The van der Waals surface area contributed by atoms with E-state index in [9.17, 15) is 0 Å². The fourth-order valence-corrected chi connectivity index (χ4v) is 7.21. The van der Waals surface area contributed by atoms with Crippen molar-refractivity contribution in [1.82, 2.24) is 0 Å². The molecule has 0 aromatic heterocycles. The summed E-state index contributed by atoms with van der Waals surface area (Å²) in [4.78, 5) is 0. The van der Waals surface area contributed by atoms with Gasteiger partial charge in [0.1, 0.15) is 0 Å². The van der Waals surface area contributed by atoms with Crippen LogP contribution in [-0.2, 0) is 0 Å². The normalized spacial score (nSPS) is 11.6. The van der Waals surface area contributed by atoms with Crippen LogP contribution in [0.15, 0.2) is 170 Å². The molecule has 44 heavy (non-hydrogen) atoms. The van der Waals surface area contributed by atoms with E-state index in [4.69, 9.17) is 0 Å². The van der Waals surface area contributed by atoms with Crippen LogP contribution in [0.25, 0.3) is 87.2 Å². The van der Waals surface area contributed by atoms with Gasteiger partial charge in [0.2, 0.25) is 0 Å². The van der Waals surface area contributed by atoms with Crippen molar-refractivity contribution >= 4 is 53.9 Å². The second-order valence-electron chi connectivity index (χ2n) is 11.7. The average Bonchev–Trinajstić information content (AvgIpc) is 3.10. The van der Waals surface area contributed by atoms with E-state index in [2.05, 4.69) is 170 Å². The van der Waals surface area contributed by atoms with Crippen molar-refractivity contribution in [2.45, 2.75) is 0 Å². The van der Waals surface area contributed by atoms with E-state index in [1.54, 1.807) is 0 Å². The molecule has 0 amide bonds. The number of fused-ring (bicyclic) bond motifs is 6. The Morgan fingerprint density at radius 1 is 0.227 bits per heavy atom. The van der Waals surface area contributed by atoms with Crippen LogP contribution in [0.1, 0.15) is 0 Å². The molecule has 0 saturated carbocycles. The molecule has 0 aliphatic rings. The van der Waals surface area contributed by atoms with E-state index in [0.29, 0.717) is 0 Å². The van der Waals surface area contributed by atoms with Gasteiger partial charge >= 0.3 is 0 Å². The molecule has 0 unspecified atom stereocenters. The quantitative estimate of drug-likeness (QED) is 0.150. The van der Waals surface area contributed by atoms with Gasteiger partial charge in [-0.1, -0.05) is 146 Å². The highest BCUT2D eigenvalue weighted by molar-refractivity contribution is 6.26. The lowest BCUT2D eigenvalue weighted by molar-refractivity contribution is 1.61. The maximum absolute atomic E-state index is 2.41.